The van der Waals surface area contributed by atoms with Gasteiger partial charge in [0.2, 0.25) is 0 Å². The summed E-state index contributed by atoms with van der Waals surface area (Å²) in [6.07, 6.45) is 1.17. The molecule has 0 N–H and O–H groups in total. The first-order valence-corrected chi connectivity index (χ1v) is 8.35. The summed E-state index contributed by atoms with van der Waals surface area (Å²) in [5, 5.41) is 0. The standard InChI is InChI=1S/C18H18O4S/c1-3-17(15-11-7-5-8-12-15)21-23(19,20)22-18(4-2)16-13-9-6-10-14-16/h3-14,17-18H,1-2H2. The minimum Gasteiger partial charge on any atom is -0.236 e. The molecule has 120 valence electrons. The Labute approximate surface area is 137 Å². The molecule has 4 nitrogen and oxygen atoms in total. The Morgan fingerprint density at radius 2 is 1.09 bits per heavy atom. The van der Waals surface area contributed by atoms with Gasteiger partial charge in [-0.15, -0.1) is 13.2 Å². The fourth-order valence-electron chi connectivity index (χ4n) is 2.02. The average molecular weight is 330 g/mol. The quantitative estimate of drug-likeness (QED) is 0.683. The molecule has 2 aromatic carbocycles. The van der Waals surface area contributed by atoms with Crippen LogP contribution in [0.25, 0.3) is 0 Å². The van der Waals surface area contributed by atoms with Crippen molar-refractivity contribution in [2.24, 2.45) is 0 Å². The molecule has 0 aliphatic heterocycles. The monoisotopic (exact) mass is 330 g/mol. The molecule has 0 spiro atoms. The van der Waals surface area contributed by atoms with Crippen molar-refractivity contribution in [3.05, 3.63) is 97.1 Å². The summed E-state index contributed by atoms with van der Waals surface area (Å²) in [5.74, 6) is 0. The van der Waals surface area contributed by atoms with E-state index >= 15 is 0 Å². The Morgan fingerprint density at radius 3 is 1.39 bits per heavy atom. The van der Waals surface area contributed by atoms with Crippen LogP contribution in [0.5, 0.6) is 0 Å². The van der Waals surface area contributed by atoms with E-state index in [1.54, 1.807) is 48.5 Å². The van der Waals surface area contributed by atoms with Crippen LogP contribution in [-0.4, -0.2) is 8.42 Å². The molecule has 0 bridgehead atoms. The molecule has 23 heavy (non-hydrogen) atoms. The van der Waals surface area contributed by atoms with Crippen molar-refractivity contribution in [3.8, 4) is 0 Å². The van der Waals surface area contributed by atoms with Crippen molar-refractivity contribution in [2.45, 2.75) is 12.2 Å². The topological polar surface area (TPSA) is 52.6 Å². The SMILES string of the molecule is C=CC(OS(=O)(=O)OC(C=C)c1ccccc1)c1ccccc1. The molecule has 0 saturated heterocycles. The maximum Gasteiger partial charge on any atom is 0.401 e. The predicted octanol–water partition coefficient (Wildman–Crippen LogP) is 4.12. The van der Waals surface area contributed by atoms with Crippen LogP contribution in [0.1, 0.15) is 23.3 Å². The molecule has 2 rings (SSSR count). The van der Waals surface area contributed by atoms with Gasteiger partial charge in [0.25, 0.3) is 0 Å². The van der Waals surface area contributed by atoms with Crippen LogP contribution in [-0.2, 0) is 18.8 Å². The van der Waals surface area contributed by atoms with Gasteiger partial charge in [0.1, 0.15) is 12.2 Å². The maximum atomic E-state index is 12.2. The van der Waals surface area contributed by atoms with Crippen LogP contribution < -0.4 is 0 Å². The third-order valence-corrected chi connectivity index (χ3v) is 4.01. The van der Waals surface area contributed by atoms with Crippen molar-refractivity contribution in [2.75, 3.05) is 0 Å². The molecule has 0 heterocycles. The van der Waals surface area contributed by atoms with E-state index in [0.29, 0.717) is 11.1 Å². The highest BCUT2D eigenvalue weighted by Gasteiger charge is 2.24. The molecule has 0 fully saturated rings. The van der Waals surface area contributed by atoms with Crippen LogP contribution in [0, 0.1) is 0 Å². The lowest BCUT2D eigenvalue weighted by molar-refractivity contribution is 0.162. The van der Waals surface area contributed by atoms with Crippen LogP contribution in [0.2, 0.25) is 0 Å². The molecular formula is C18H18O4S. The Hall–Kier alpha value is -2.21. The zero-order chi connectivity index (χ0) is 16.7. The van der Waals surface area contributed by atoms with E-state index < -0.39 is 22.6 Å². The van der Waals surface area contributed by atoms with Crippen molar-refractivity contribution >= 4 is 10.4 Å². The van der Waals surface area contributed by atoms with Crippen LogP contribution >= 0.6 is 0 Å². The molecule has 2 unspecified atom stereocenters. The first-order valence-electron chi connectivity index (χ1n) is 7.02. The summed E-state index contributed by atoms with van der Waals surface area (Å²) in [6.45, 7) is 7.23. The van der Waals surface area contributed by atoms with Gasteiger partial charge in [-0.25, -0.2) is 8.37 Å². The van der Waals surface area contributed by atoms with Gasteiger partial charge in [0, 0.05) is 0 Å². The lowest BCUT2D eigenvalue weighted by atomic mass is 10.1. The molecule has 5 heteroatoms. The van der Waals surface area contributed by atoms with E-state index in [1.807, 2.05) is 12.1 Å². The van der Waals surface area contributed by atoms with Gasteiger partial charge in [-0.1, -0.05) is 72.8 Å². The van der Waals surface area contributed by atoms with Crippen LogP contribution in [0.3, 0.4) is 0 Å². The molecule has 0 saturated carbocycles. The summed E-state index contributed by atoms with van der Waals surface area (Å²) in [6, 6.07) is 17.8. The molecular weight excluding hydrogens is 312 g/mol. The largest absolute Gasteiger partial charge is 0.401 e. The van der Waals surface area contributed by atoms with E-state index in [-0.39, 0.29) is 0 Å². The molecule has 0 aliphatic carbocycles. The van der Waals surface area contributed by atoms with Crippen LogP contribution in [0.4, 0.5) is 0 Å². The highest BCUT2D eigenvalue weighted by atomic mass is 32.3. The highest BCUT2D eigenvalue weighted by molar-refractivity contribution is 7.81. The third kappa shape index (κ3) is 4.89. The van der Waals surface area contributed by atoms with Gasteiger partial charge in [0.15, 0.2) is 0 Å². The Bertz CT molecular complexity index is 680. The molecule has 0 radical (unpaired) electrons. The maximum absolute atomic E-state index is 12.2. The first-order chi connectivity index (χ1) is 11.1. The summed E-state index contributed by atoms with van der Waals surface area (Å²) in [4.78, 5) is 0. The number of rotatable bonds is 8. The summed E-state index contributed by atoms with van der Waals surface area (Å²) in [5.41, 5.74) is 1.34. The molecule has 2 aromatic rings. The highest BCUT2D eigenvalue weighted by Crippen LogP contribution is 2.26. The predicted molar refractivity (Wildman–Crippen MR) is 89.8 cm³/mol. The van der Waals surface area contributed by atoms with E-state index in [2.05, 4.69) is 13.2 Å². The fourth-order valence-corrected chi connectivity index (χ4v) is 2.96. The van der Waals surface area contributed by atoms with Gasteiger partial charge in [-0.2, -0.15) is 8.42 Å². The average Bonchev–Trinajstić information content (AvgIpc) is 2.59. The van der Waals surface area contributed by atoms with E-state index in [4.69, 9.17) is 8.37 Å². The first kappa shape index (κ1) is 17.1. The number of benzene rings is 2. The second-order valence-electron chi connectivity index (χ2n) is 4.73. The Kier molecular flexibility index (Phi) is 5.87. The molecule has 0 aliphatic rings. The summed E-state index contributed by atoms with van der Waals surface area (Å²) in [7, 11) is -4.24. The third-order valence-electron chi connectivity index (χ3n) is 3.13. The minimum atomic E-state index is -4.24. The summed E-state index contributed by atoms with van der Waals surface area (Å²) >= 11 is 0. The smallest absolute Gasteiger partial charge is 0.236 e. The zero-order valence-electron chi connectivity index (χ0n) is 12.5. The molecule has 2 atom stereocenters. The van der Waals surface area contributed by atoms with Gasteiger partial charge in [-0.05, 0) is 11.1 Å². The number of hydrogen-bond donors (Lipinski definition) is 0. The van der Waals surface area contributed by atoms with Crippen molar-refractivity contribution in [1.82, 2.24) is 0 Å². The minimum absolute atomic E-state index is 0.671. The fraction of sp³-hybridized carbons (Fsp3) is 0.111. The molecule has 0 aromatic heterocycles. The lowest BCUT2D eigenvalue weighted by Gasteiger charge is -2.17. The Morgan fingerprint density at radius 1 is 0.739 bits per heavy atom. The van der Waals surface area contributed by atoms with E-state index in [1.165, 1.54) is 12.2 Å². The van der Waals surface area contributed by atoms with Crippen molar-refractivity contribution in [3.63, 3.8) is 0 Å². The van der Waals surface area contributed by atoms with Gasteiger partial charge in [-0.3, -0.25) is 0 Å². The normalized spacial score (nSPS) is 13.9. The molecule has 0 amide bonds. The lowest BCUT2D eigenvalue weighted by Crippen LogP contribution is -2.16. The second kappa shape index (κ2) is 7.87. The van der Waals surface area contributed by atoms with Gasteiger partial charge in [0.05, 0.1) is 0 Å². The zero-order valence-corrected chi connectivity index (χ0v) is 13.4. The van der Waals surface area contributed by atoms with Gasteiger partial charge >= 0.3 is 10.4 Å². The summed E-state index contributed by atoms with van der Waals surface area (Å²) < 4.78 is 34.6. The van der Waals surface area contributed by atoms with E-state index in [0.717, 1.165) is 0 Å². The number of hydrogen-bond acceptors (Lipinski definition) is 4. The van der Waals surface area contributed by atoms with Gasteiger partial charge < -0.3 is 0 Å². The second-order valence-corrected chi connectivity index (χ2v) is 5.94. The van der Waals surface area contributed by atoms with E-state index in [9.17, 15) is 8.42 Å². The van der Waals surface area contributed by atoms with Crippen molar-refractivity contribution in [1.29, 1.82) is 0 Å². The Balaban J connectivity index is 2.14. The van der Waals surface area contributed by atoms with Crippen molar-refractivity contribution < 1.29 is 16.8 Å². The van der Waals surface area contributed by atoms with Crippen LogP contribution in [0.15, 0.2) is 86.0 Å².